The lowest BCUT2D eigenvalue weighted by Crippen LogP contribution is -2.35. The summed E-state index contributed by atoms with van der Waals surface area (Å²) in [5.41, 5.74) is -1.47. The van der Waals surface area contributed by atoms with E-state index in [0.717, 1.165) is 6.20 Å². The lowest BCUT2D eigenvalue weighted by molar-refractivity contribution is 0.606. The van der Waals surface area contributed by atoms with Crippen LogP contribution in [0.3, 0.4) is 0 Å². The molecule has 0 bridgehead atoms. The molecule has 94 valence electrons. The first-order chi connectivity index (χ1) is 8.41. The monoisotopic (exact) mass is 286 g/mol. The van der Waals surface area contributed by atoms with E-state index in [1.165, 1.54) is 12.1 Å². The van der Waals surface area contributed by atoms with Gasteiger partial charge in [-0.15, -0.1) is 0 Å². The van der Waals surface area contributed by atoms with Crippen LogP contribution in [0, 0.1) is 0 Å². The molecule has 1 heterocycles. The average Bonchev–Trinajstić information content (AvgIpc) is 2.28. The van der Waals surface area contributed by atoms with Crippen LogP contribution in [-0.2, 0) is 9.05 Å². The van der Waals surface area contributed by atoms with E-state index in [2.05, 4.69) is 4.98 Å². The van der Waals surface area contributed by atoms with Crippen molar-refractivity contribution in [1.82, 2.24) is 9.55 Å². The molecule has 0 saturated carbocycles. The number of hydrogen-bond donors (Lipinski definition) is 1. The maximum Gasteiger partial charge on any atom is 0.333 e. The van der Waals surface area contributed by atoms with E-state index in [0.29, 0.717) is 4.57 Å². The van der Waals surface area contributed by atoms with Gasteiger partial charge < -0.3 is 4.98 Å². The second-order valence-corrected chi connectivity index (χ2v) is 5.91. The Morgan fingerprint density at radius 3 is 2.28 bits per heavy atom. The van der Waals surface area contributed by atoms with Gasteiger partial charge >= 0.3 is 5.69 Å². The molecule has 8 heteroatoms. The van der Waals surface area contributed by atoms with Crippen LogP contribution in [0.5, 0.6) is 0 Å². The predicted octanol–water partition coefficient (Wildman–Crippen LogP) is 0.453. The fourth-order valence-electron chi connectivity index (χ4n) is 1.44. The summed E-state index contributed by atoms with van der Waals surface area (Å²) < 4.78 is 23.1. The van der Waals surface area contributed by atoms with Crippen LogP contribution in [0.15, 0.2) is 51.0 Å². The number of rotatable bonds is 2. The van der Waals surface area contributed by atoms with Gasteiger partial charge in [0.2, 0.25) is 0 Å². The first-order valence-electron chi connectivity index (χ1n) is 4.76. The molecule has 1 aromatic heterocycles. The zero-order chi connectivity index (χ0) is 13.3. The number of H-pyrrole nitrogens is 1. The van der Waals surface area contributed by atoms with E-state index in [-0.39, 0.29) is 5.69 Å². The summed E-state index contributed by atoms with van der Waals surface area (Å²) in [6, 6.07) is 7.93. The minimum atomic E-state index is -4.21. The van der Waals surface area contributed by atoms with Gasteiger partial charge in [-0.1, -0.05) is 18.2 Å². The molecular formula is C10H7ClN2O4S. The normalized spacial score (nSPS) is 11.4. The maximum absolute atomic E-state index is 11.9. The van der Waals surface area contributed by atoms with E-state index >= 15 is 0 Å². The minimum Gasteiger partial charge on any atom is -0.312 e. The van der Waals surface area contributed by atoms with E-state index in [9.17, 15) is 18.0 Å². The van der Waals surface area contributed by atoms with Gasteiger partial charge in [0.25, 0.3) is 14.6 Å². The lowest BCUT2D eigenvalue weighted by Gasteiger charge is -2.04. The molecule has 2 aromatic rings. The van der Waals surface area contributed by atoms with Crippen LogP contribution >= 0.6 is 10.7 Å². The summed E-state index contributed by atoms with van der Waals surface area (Å²) in [6.45, 7) is 0. The highest BCUT2D eigenvalue weighted by molar-refractivity contribution is 8.13. The van der Waals surface area contributed by atoms with Crippen molar-refractivity contribution >= 4 is 19.7 Å². The van der Waals surface area contributed by atoms with E-state index < -0.39 is 25.2 Å². The summed E-state index contributed by atoms with van der Waals surface area (Å²) in [7, 11) is 0.900. The van der Waals surface area contributed by atoms with Crippen LogP contribution in [0.25, 0.3) is 5.69 Å². The highest BCUT2D eigenvalue weighted by Crippen LogP contribution is 2.08. The Bertz CT molecular complexity index is 793. The van der Waals surface area contributed by atoms with Crippen LogP contribution in [0.2, 0.25) is 0 Å². The Labute approximate surface area is 106 Å². The van der Waals surface area contributed by atoms with Crippen molar-refractivity contribution in [3.63, 3.8) is 0 Å². The topological polar surface area (TPSA) is 89.0 Å². The first-order valence-corrected chi connectivity index (χ1v) is 7.07. The third-order valence-electron chi connectivity index (χ3n) is 2.22. The molecule has 0 aliphatic rings. The van der Waals surface area contributed by atoms with Crippen molar-refractivity contribution in [3.8, 4) is 5.69 Å². The third kappa shape index (κ3) is 2.22. The quantitative estimate of drug-likeness (QED) is 0.812. The van der Waals surface area contributed by atoms with Crippen molar-refractivity contribution in [2.24, 2.45) is 0 Å². The Kier molecular flexibility index (Phi) is 3.10. The van der Waals surface area contributed by atoms with Crippen molar-refractivity contribution in [2.45, 2.75) is 4.90 Å². The van der Waals surface area contributed by atoms with Gasteiger partial charge in [0.05, 0.1) is 5.69 Å². The van der Waals surface area contributed by atoms with Crippen LogP contribution in [0.1, 0.15) is 0 Å². The van der Waals surface area contributed by atoms with Crippen molar-refractivity contribution in [2.75, 3.05) is 0 Å². The summed E-state index contributed by atoms with van der Waals surface area (Å²) in [5.74, 6) is 0. The molecular weight excluding hydrogens is 280 g/mol. The zero-order valence-corrected chi connectivity index (χ0v) is 10.4. The fraction of sp³-hybridized carbons (Fsp3) is 0. The SMILES string of the molecule is O=c1[nH]cc(S(=O)(=O)Cl)c(=O)n1-c1ccccc1. The van der Waals surface area contributed by atoms with Crippen molar-refractivity contribution in [1.29, 1.82) is 0 Å². The number of aromatic nitrogens is 2. The molecule has 0 radical (unpaired) electrons. The number of aromatic amines is 1. The van der Waals surface area contributed by atoms with Crippen molar-refractivity contribution < 1.29 is 8.42 Å². The smallest absolute Gasteiger partial charge is 0.312 e. The van der Waals surface area contributed by atoms with Gasteiger partial charge in [0.15, 0.2) is 4.90 Å². The highest BCUT2D eigenvalue weighted by atomic mass is 35.7. The number of para-hydroxylation sites is 1. The minimum absolute atomic E-state index is 0.255. The van der Waals surface area contributed by atoms with Gasteiger partial charge in [0, 0.05) is 16.9 Å². The Morgan fingerprint density at radius 1 is 1.11 bits per heavy atom. The van der Waals surface area contributed by atoms with E-state index in [1.807, 2.05) is 0 Å². The Balaban J connectivity index is 2.86. The number of benzene rings is 1. The van der Waals surface area contributed by atoms with Crippen molar-refractivity contribution in [3.05, 3.63) is 57.4 Å². The Morgan fingerprint density at radius 2 is 1.72 bits per heavy atom. The number of hydrogen-bond acceptors (Lipinski definition) is 4. The molecule has 0 spiro atoms. The van der Waals surface area contributed by atoms with Crippen LogP contribution < -0.4 is 11.2 Å². The van der Waals surface area contributed by atoms with Crippen LogP contribution in [0.4, 0.5) is 0 Å². The summed E-state index contributed by atoms with van der Waals surface area (Å²) in [4.78, 5) is 25.0. The molecule has 1 aromatic carbocycles. The number of nitrogens with zero attached hydrogens (tertiary/aromatic N) is 1. The summed E-state index contributed by atoms with van der Waals surface area (Å²) in [5, 5.41) is 0. The fourth-order valence-corrected chi connectivity index (χ4v) is 2.27. The van der Waals surface area contributed by atoms with Gasteiger partial charge in [-0.3, -0.25) is 4.79 Å². The van der Waals surface area contributed by atoms with E-state index in [1.54, 1.807) is 18.2 Å². The average molecular weight is 287 g/mol. The first kappa shape index (κ1) is 12.6. The summed E-state index contributed by atoms with van der Waals surface area (Å²) >= 11 is 0. The number of halogens is 1. The molecule has 0 fully saturated rings. The molecule has 0 atom stereocenters. The van der Waals surface area contributed by atoms with E-state index in [4.69, 9.17) is 10.7 Å². The molecule has 0 aliphatic heterocycles. The van der Waals surface area contributed by atoms with Gasteiger partial charge in [-0.05, 0) is 12.1 Å². The standard InChI is InChI=1S/C10H7ClN2O4S/c11-18(16,17)8-6-12-10(15)13(9(8)14)7-4-2-1-3-5-7/h1-6H,(H,12,15). The molecule has 1 N–H and O–H groups in total. The van der Waals surface area contributed by atoms with Gasteiger partial charge in [-0.25, -0.2) is 17.8 Å². The zero-order valence-electron chi connectivity index (χ0n) is 8.83. The number of nitrogens with one attached hydrogen (secondary N) is 1. The van der Waals surface area contributed by atoms with Gasteiger partial charge in [0.1, 0.15) is 0 Å². The molecule has 0 aliphatic carbocycles. The van der Waals surface area contributed by atoms with Crippen LogP contribution in [-0.4, -0.2) is 18.0 Å². The second-order valence-electron chi connectivity index (χ2n) is 3.37. The maximum atomic E-state index is 11.9. The Hall–Kier alpha value is -1.86. The summed E-state index contributed by atoms with van der Waals surface area (Å²) in [6.07, 6.45) is 0.784. The molecule has 0 unspecified atom stereocenters. The molecule has 6 nitrogen and oxygen atoms in total. The lowest BCUT2D eigenvalue weighted by atomic mass is 10.3. The molecule has 0 amide bonds. The predicted molar refractivity (Wildman–Crippen MR) is 65.7 cm³/mol. The second kappa shape index (κ2) is 4.43. The highest BCUT2D eigenvalue weighted by Gasteiger charge is 2.18. The van der Waals surface area contributed by atoms with Gasteiger partial charge in [-0.2, -0.15) is 0 Å². The third-order valence-corrected chi connectivity index (χ3v) is 3.54. The largest absolute Gasteiger partial charge is 0.333 e. The molecule has 2 rings (SSSR count). The molecule has 18 heavy (non-hydrogen) atoms. The molecule has 0 saturated heterocycles.